The number of halogens is 4. The van der Waals surface area contributed by atoms with Crippen molar-refractivity contribution in [3.8, 4) is 6.07 Å². The third-order valence-corrected chi connectivity index (χ3v) is 5.34. The molecule has 0 amide bonds. The Kier molecular flexibility index (Phi) is 8.23. The van der Waals surface area contributed by atoms with E-state index in [2.05, 4.69) is 10.8 Å². The molecule has 0 N–H and O–H groups in total. The summed E-state index contributed by atoms with van der Waals surface area (Å²) in [5.41, 5.74) is 0.768. The Labute approximate surface area is 165 Å². The van der Waals surface area contributed by atoms with Gasteiger partial charge in [0.15, 0.2) is 0 Å². The van der Waals surface area contributed by atoms with Crippen molar-refractivity contribution in [1.29, 1.82) is 5.26 Å². The average Bonchev–Trinajstić information content (AvgIpc) is 2.59. The zero-order valence-corrected chi connectivity index (χ0v) is 16.4. The number of hydrogen-bond donors (Lipinski definition) is 0. The second-order valence-corrected chi connectivity index (χ2v) is 8.34. The Morgan fingerprint density at radius 2 is 1.78 bits per heavy atom. The first-order valence-electron chi connectivity index (χ1n) is 8.01. The fourth-order valence-electron chi connectivity index (χ4n) is 1.89. The van der Waals surface area contributed by atoms with Gasteiger partial charge in [-0.1, -0.05) is 54.3 Å². The van der Waals surface area contributed by atoms with E-state index in [-0.39, 0.29) is 19.8 Å². The number of nitriles is 1. The van der Waals surface area contributed by atoms with Gasteiger partial charge in [0.2, 0.25) is 0 Å². The van der Waals surface area contributed by atoms with Gasteiger partial charge in [0.1, 0.15) is 4.75 Å². The Morgan fingerprint density at radius 1 is 1.19 bits per heavy atom. The van der Waals surface area contributed by atoms with Gasteiger partial charge in [0.25, 0.3) is 0 Å². The number of carbonyl (C=O) groups excluding carboxylic acids is 1. The summed E-state index contributed by atoms with van der Waals surface area (Å²) in [7, 11) is 0. The minimum atomic E-state index is -4.26. The molecule has 3 nitrogen and oxygen atoms in total. The summed E-state index contributed by atoms with van der Waals surface area (Å²) < 4.78 is 55.7. The van der Waals surface area contributed by atoms with Crippen molar-refractivity contribution < 1.29 is 27.1 Å². The van der Waals surface area contributed by atoms with Crippen LogP contribution in [0.25, 0.3) is 0 Å². The van der Waals surface area contributed by atoms with Crippen LogP contribution in [0, 0.1) is 11.3 Å². The van der Waals surface area contributed by atoms with Crippen molar-refractivity contribution in [2.45, 2.75) is 49.7 Å². The van der Waals surface area contributed by atoms with E-state index in [0.29, 0.717) is 4.20 Å². The molecule has 0 saturated heterocycles. The molecule has 0 spiro atoms. The highest BCUT2D eigenvalue weighted by molar-refractivity contribution is 8.24. The highest BCUT2D eigenvalue weighted by Crippen LogP contribution is 2.36. The van der Waals surface area contributed by atoms with E-state index < -0.39 is 35.6 Å². The van der Waals surface area contributed by atoms with E-state index in [1.807, 2.05) is 6.07 Å². The molecule has 0 saturated carbocycles. The van der Waals surface area contributed by atoms with Crippen molar-refractivity contribution in [1.82, 2.24) is 0 Å². The lowest BCUT2D eigenvalue weighted by Gasteiger charge is -2.23. The van der Waals surface area contributed by atoms with E-state index in [9.17, 15) is 27.6 Å². The molecule has 0 fully saturated rings. The fraction of sp³-hybridized carbons (Fsp3) is 0.500. The first-order chi connectivity index (χ1) is 12.4. The Hall–Kier alpha value is -1.66. The summed E-state index contributed by atoms with van der Waals surface area (Å²) in [6.45, 7) is 0.889. The minimum Gasteiger partial charge on any atom is -0.465 e. The summed E-state index contributed by atoms with van der Waals surface area (Å²) in [6, 6.07) is 11.1. The molecule has 1 aromatic rings. The van der Waals surface area contributed by atoms with E-state index in [4.69, 9.17) is 12.2 Å². The van der Waals surface area contributed by atoms with Crippen molar-refractivity contribution in [2.75, 3.05) is 6.61 Å². The van der Waals surface area contributed by atoms with Crippen LogP contribution in [0.3, 0.4) is 0 Å². The zero-order valence-electron chi connectivity index (χ0n) is 14.8. The lowest BCUT2D eigenvalue weighted by molar-refractivity contribution is -0.206. The van der Waals surface area contributed by atoms with Crippen LogP contribution in [0.2, 0.25) is 0 Å². The largest absolute Gasteiger partial charge is 0.465 e. The third-order valence-electron chi connectivity index (χ3n) is 3.69. The van der Waals surface area contributed by atoms with Gasteiger partial charge < -0.3 is 4.74 Å². The number of thiocarbonyl (C=S) groups is 1. The lowest BCUT2D eigenvalue weighted by atomic mass is 10.1. The number of rotatable bonds is 9. The van der Waals surface area contributed by atoms with Crippen LogP contribution >= 0.6 is 24.0 Å². The van der Waals surface area contributed by atoms with Gasteiger partial charge in [-0.25, -0.2) is 8.78 Å². The van der Waals surface area contributed by atoms with E-state index in [1.165, 1.54) is 0 Å². The predicted octanol–water partition coefficient (Wildman–Crippen LogP) is 5.38. The number of thioether (sulfide) groups is 1. The summed E-state index contributed by atoms with van der Waals surface area (Å²) in [4.78, 5) is 11.7. The second kappa shape index (κ2) is 9.51. The maximum Gasteiger partial charge on any atom is 0.313 e. The molecule has 27 heavy (non-hydrogen) atoms. The van der Waals surface area contributed by atoms with Crippen LogP contribution in [0.15, 0.2) is 30.3 Å². The monoisotopic (exact) mass is 421 g/mol. The number of benzene rings is 1. The molecule has 0 aliphatic heterocycles. The van der Waals surface area contributed by atoms with Crippen LogP contribution in [-0.2, 0) is 9.53 Å². The molecule has 9 heteroatoms. The first kappa shape index (κ1) is 23.4. The Bertz CT molecular complexity index is 702. The zero-order chi connectivity index (χ0) is 20.7. The molecule has 1 rings (SSSR count). The smallest absolute Gasteiger partial charge is 0.313 e. The van der Waals surface area contributed by atoms with Crippen LogP contribution in [-0.4, -0.2) is 33.4 Å². The van der Waals surface area contributed by atoms with Gasteiger partial charge >= 0.3 is 17.8 Å². The van der Waals surface area contributed by atoms with Crippen LogP contribution in [0.4, 0.5) is 17.6 Å². The first-order valence-corrected chi connectivity index (χ1v) is 9.23. The molecular weight excluding hydrogens is 402 g/mol. The van der Waals surface area contributed by atoms with Gasteiger partial charge in [-0.15, -0.1) is 0 Å². The topological polar surface area (TPSA) is 50.1 Å². The van der Waals surface area contributed by atoms with Gasteiger partial charge in [0.05, 0.1) is 23.3 Å². The summed E-state index contributed by atoms with van der Waals surface area (Å²) in [5.74, 6) is -9.28. The number of carbonyl (C=O) groups is 1. The van der Waals surface area contributed by atoms with Gasteiger partial charge in [-0.3, -0.25) is 4.79 Å². The quantitative estimate of drug-likeness (QED) is 0.304. The summed E-state index contributed by atoms with van der Waals surface area (Å²) in [5, 5.41) is 9.40. The Balaban J connectivity index is 2.50. The normalized spacial score (nSPS) is 14.1. The van der Waals surface area contributed by atoms with Gasteiger partial charge in [-0.2, -0.15) is 14.0 Å². The summed E-state index contributed by atoms with van der Waals surface area (Å²) in [6.07, 6.45) is -1.42. The summed E-state index contributed by atoms with van der Waals surface area (Å²) >= 11 is 6.42. The number of hydrogen-bond acceptors (Lipinski definition) is 5. The fourth-order valence-corrected chi connectivity index (χ4v) is 3.49. The van der Waals surface area contributed by atoms with Crippen molar-refractivity contribution in [3.63, 3.8) is 0 Å². The number of ether oxygens (including phenoxy) is 1. The number of alkyl halides is 4. The molecule has 0 aliphatic rings. The van der Waals surface area contributed by atoms with Crippen molar-refractivity contribution in [3.05, 3.63) is 35.9 Å². The molecule has 0 radical (unpaired) electrons. The predicted molar refractivity (Wildman–Crippen MR) is 100 cm³/mol. The molecule has 1 atom stereocenters. The Morgan fingerprint density at radius 3 is 2.30 bits per heavy atom. The maximum atomic E-state index is 13.1. The molecular formula is C18H19F4NO2S2. The minimum absolute atomic E-state index is 0.0697. The molecule has 0 heterocycles. The molecule has 148 valence electrons. The van der Waals surface area contributed by atoms with Crippen LogP contribution < -0.4 is 0 Å². The van der Waals surface area contributed by atoms with Gasteiger partial charge in [0, 0.05) is 13.3 Å². The molecule has 0 aromatic heterocycles. The number of esters is 1. The van der Waals surface area contributed by atoms with Crippen molar-refractivity contribution >= 4 is 34.1 Å². The lowest BCUT2D eigenvalue weighted by Crippen LogP contribution is -2.38. The van der Waals surface area contributed by atoms with Gasteiger partial charge in [-0.05, 0) is 18.9 Å². The molecule has 1 unspecified atom stereocenters. The highest BCUT2D eigenvalue weighted by Gasteiger charge is 2.51. The maximum absolute atomic E-state index is 13.1. The van der Waals surface area contributed by atoms with E-state index in [1.54, 1.807) is 31.2 Å². The molecule has 0 aliphatic carbocycles. The van der Waals surface area contributed by atoms with Crippen LogP contribution in [0.1, 0.15) is 38.7 Å². The SMILES string of the molecule is CC(C#N)(CCC(=O)OCCC(F)(F)C(C)(F)F)SC(=S)c1ccccc1. The van der Waals surface area contributed by atoms with E-state index >= 15 is 0 Å². The third kappa shape index (κ3) is 7.46. The highest BCUT2D eigenvalue weighted by atomic mass is 32.2. The number of nitrogens with zero attached hydrogens (tertiary/aromatic N) is 1. The second-order valence-electron chi connectivity index (χ2n) is 6.16. The molecule has 0 bridgehead atoms. The average molecular weight is 421 g/mol. The van der Waals surface area contributed by atoms with Crippen LogP contribution in [0.5, 0.6) is 0 Å². The van der Waals surface area contributed by atoms with Crippen molar-refractivity contribution in [2.24, 2.45) is 0 Å². The standard InChI is InChI=1S/C18H19F4NO2S2/c1-16(12-23,27-15(26)13-6-4-3-5-7-13)9-8-14(24)25-11-10-18(21,22)17(2,19)20/h3-7H,8-11H2,1-2H3. The van der Waals surface area contributed by atoms with E-state index in [0.717, 1.165) is 17.3 Å². The molecule has 1 aromatic carbocycles.